The number of aromatic hydroxyl groups is 2. The van der Waals surface area contributed by atoms with E-state index in [1.54, 1.807) is 73.6 Å². The Morgan fingerprint density at radius 1 is 0.275 bits per heavy atom. The number of pyridine rings is 8. The SMILES string of the molecule is Cc1ccc2cccc([O][Ga]([Cl])[O]c3cccc4c(C)cc(C)nc34)c2n1.Cc1ccnc2c([O][Al]([O]c3cccc4c(C)ccnc34)[O]c3cccc4c(C)ccnc34)cccc12.Oc1ccccc1-c1nc2ccccc2o1.Oc1ccccc1-c1nc2ccccc2o1.[Zn].c1cnc2c([O][Al]([O]c3cccc4cccnc34)[O]c3cccc4cccnc34)cccc2c1. The first-order chi connectivity index (χ1) is 63.6. The van der Waals surface area contributed by atoms with Gasteiger partial charge in [-0.15, -0.1) is 0 Å². The zero-order valence-corrected chi connectivity index (χ0v) is 80.2. The van der Waals surface area contributed by atoms with E-state index in [2.05, 4.69) is 83.6 Å². The number of para-hydroxylation sites is 14. The third-order valence-corrected chi connectivity index (χ3v) is 26.7. The maximum absolute atomic E-state index is 9.69. The molecule has 0 saturated heterocycles. The molecular formula is C104H78Al2ClGaN10O12Zn. The van der Waals surface area contributed by atoms with Gasteiger partial charge in [-0.05, 0) is 159 Å². The van der Waals surface area contributed by atoms with Crippen molar-refractivity contribution < 1.29 is 68.3 Å². The Balaban J connectivity index is 0.000000118. The Morgan fingerprint density at radius 2 is 0.588 bits per heavy atom. The van der Waals surface area contributed by atoms with Crippen molar-refractivity contribution in [3.63, 3.8) is 0 Å². The van der Waals surface area contributed by atoms with E-state index in [-0.39, 0.29) is 31.0 Å². The number of hydrogen-bond acceptors (Lipinski definition) is 22. The van der Waals surface area contributed by atoms with Crippen LogP contribution in [-0.4, -0.2) is 106 Å². The topological polar surface area (TPSA) is 269 Å². The number of aromatic nitrogens is 10. The fraction of sp³-hybridized carbons (Fsp3) is 0.0577. The summed E-state index contributed by atoms with van der Waals surface area (Å²) in [6, 6.07) is 99.6. The fourth-order valence-electron chi connectivity index (χ4n) is 14.9. The van der Waals surface area contributed by atoms with Crippen molar-refractivity contribution in [2.75, 3.05) is 0 Å². The second-order valence-electron chi connectivity index (χ2n) is 30.2. The standard InChI is InChI=1S/2C13H9NO2.C11H11NO.4C10H9NO.3C9H7NO.2Al.ClH.Ga.Zn/c2*15-11-7-3-1-5-9(11)13-14-10-6-2-4-8-12(10)16-13;1-7-6-8(2)12-11-9(7)4-3-5-10(11)13;3*1-7-5-6-11-10-8(7)3-2-4-9(10)12;1-7-5-6-8-3-2-4-9(12)10(8)11-7;3*11-8-5-1-3-7-4-2-6-10-9(7)8;;;;;/h2*1-8,15H;3-6,13H,1-2H3;4*2-6,12H,1H3;3*1-6,11H;;;1H;;/q;;;;;;;;;;2*+3;;+3;/p-9. The van der Waals surface area contributed by atoms with Gasteiger partial charge in [-0.25, -0.2) is 9.97 Å². The van der Waals surface area contributed by atoms with Crippen LogP contribution >= 0.6 is 9.64 Å². The summed E-state index contributed by atoms with van der Waals surface area (Å²) < 4.78 is 62.0. The third kappa shape index (κ3) is 20.5. The van der Waals surface area contributed by atoms with Gasteiger partial charge in [0.2, 0.25) is 11.8 Å². The molecule has 0 aliphatic heterocycles. The number of phenols is 2. The largest absolute Gasteiger partial charge is 1.20 e. The Kier molecular flexibility index (Phi) is 27.6. The van der Waals surface area contributed by atoms with Gasteiger partial charge in [0.25, 0.3) is 0 Å². The molecule has 0 spiro atoms. The number of halogens is 1. The second kappa shape index (κ2) is 40.8. The molecule has 0 unspecified atom stereocenters. The average Bonchev–Trinajstić information content (AvgIpc) is 1.72. The molecule has 0 amide bonds. The van der Waals surface area contributed by atoms with Crippen LogP contribution in [0.25, 0.3) is 132 Å². The zero-order valence-electron chi connectivity index (χ0n) is 71.8. The predicted octanol–water partition coefficient (Wildman–Crippen LogP) is 24.4. The fourth-order valence-corrected chi connectivity index (χ4v) is 20.3. The smallest absolute Gasteiger partial charge is 0.576 e. The molecule has 22 aromatic rings. The Labute approximate surface area is 785 Å². The minimum atomic E-state index is -3.06. The molecule has 22 rings (SSSR count). The van der Waals surface area contributed by atoms with Gasteiger partial charge < -0.3 is 41.8 Å². The summed E-state index contributed by atoms with van der Waals surface area (Å²) in [4.78, 5) is 45.2. The number of oxazole rings is 2. The summed E-state index contributed by atoms with van der Waals surface area (Å²) in [7, 11) is 6.56. The molecule has 0 atom stereocenters. The molecule has 634 valence electrons. The van der Waals surface area contributed by atoms with Gasteiger partial charge in [0.05, 0.1) is 11.1 Å². The minimum absolute atomic E-state index is 0. The summed E-state index contributed by atoms with van der Waals surface area (Å²) in [5.41, 5.74) is 16.9. The van der Waals surface area contributed by atoms with E-state index in [0.29, 0.717) is 68.9 Å². The number of nitrogens with zero attached hydrogens (tertiary/aromatic N) is 10. The van der Waals surface area contributed by atoms with Crippen molar-refractivity contribution in [1.29, 1.82) is 0 Å². The first-order valence-corrected chi connectivity index (χ1v) is 49.7. The zero-order chi connectivity index (χ0) is 89.0. The molecule has 131 heavy (non-hydrogen) atoms. The van der Waals surface area contributed by atoms with Crippen LogP contribution < -0.4 is 29.8 Å². The molecule has 0 bridgehead atoms. The number of fused-ring (bicyclic) bond motifs is 10. The maximum atomic E-state index is 9.69. The monoisotopic (exact) mass is 1880 g/mol. The van der Waals surface area contributed by atoms with Crippen LogP contribution in [0.5, 0.6) is 57.5 Å². The molecule has 10 aromatic heterocycles. The molecule has 0 aliphatic carbocycles. The number of phenolic OH excluding ortho intramolecular Hbond substituents is 2. The summed E-state index contributed by atoms with van der Waals surface area (Å²) >= 11 is -8.82. The molecule has 0 radical (unpaired) electrons. The van der Waals surface area contributed by atoms with E-state index >= 15 is 0 Å². The quantitative estimate of drug-likeness (QED) is 0.0756. The predicted molar refractivity (Wildman–Crippen MR) is 513 cm³/mol. The Hall–Kier alpha value is -14.5. The van der Waals surface area contributed by atoms with Crippen molar-refractivity contribution in [1.82, 2.24) is 49.8 Å². The van der Waals surface area contributed by atoms with Gasteiger partial charge in [-0.2, -0.15) is 0 Å². The summed E-state index contributed by atoms with van der Waals surface area (Å²) in [5.74, 6) is 6.25. The van der Waals surface area contributed by atoms with Gasteiger partial charge in [-0.3, -0.25) is 29.9 Å². The second-order valence-corrected chi connectivity index (χ2v) is 36.7. The molecule has 0 fully saturated rings. The molecule has 27 heteroatoms. The van der Waals surface area contributed by atoms with Crippen LogP contribution in [0, 0.1) is 41.5 Å². The van der Waals surface area contributed by atoms with Crippen LogP contribution in [0.4, 0.5) is 0 Å². The molecular weight excluding hydrogens is 1810 g/mol. The van der Waals surface area contributed by atoms with Gasteiger partial charge in [-0.1, -0.05) is 140 Å². The van der Waals surface area contributed by atoms with Gasteiger partial charge >= 0.3 is 199 Å². The number of aryl methyl sites for hydroxylation is 6. The Morgan fingerprint density at radius 3 is 0.977 bits per heavy atom. The third-order valence-electron chi connectivity index (χ3n) is 21.2. The van der Waals surface area contributed by atoms with Crippen LogP contribution in [0.15, 0.2) is 361 Å². The van der Waals surface area contributed by atoms with Gasteiger partial charge in [0.1, 0.15) is 90.1 Å². The van der Waals surface area contributed by atoms with Gasteiger partial charge in [0.15, 0.2) is 11.2 Å². The summed E-state index contributed by atoms with van der Waals surface area (Å²) in [6.07, 6.45) is 10.6. The van der Waals surface area contributed by atoms with Crippen LogP contribution in [0.2, 0.25) is 0 Å². The van der Waals surface area contributed by atoms with Crippen LogP contribution in [-0.2, 0) is 19.5 Å². The van der Waals surface area contributed by atoms with Crippen LogP contribution in [0.3, 0.4) is 0 Å². The first kappa shape index (κ1) is 88.5. The maximum Gasteiger partial charge on any atom is 1.20 e. The average molecular weight is 1880 g/mol. The van der Waals surface area contributed by atoms with E-state index in [9.17, 15) is 10.2 Å². The molecule has 12 aromatic carbocycles. The van der Waals surface area contributed by atoms with Crippen molar-refractivity contribution >= 4 is 165 Å². The van der Waals surface area contributed by atoms with E-state index in [1.807, 2.05) is 287 Å². The number of rotatable bonds is 18. The van der Waals surface area contributed by atoms with Crippen molar-refractivity contribution in [2.24, 2.45) is 0 Å². The van der Waals surface area contributed by atoms with E-state index in [1.165, 1.54) is 0 Å². The number of benzene rings is 12. The molecule has 0 saturated carbocycles. The molecule has 0 aliphatic rings. The molecule has 2 N–H and O–H groups in total. The molecule has 10 heterocycles. The van der Waals surface area contributed by atoms with Gasteiger partial charge in [0, 0.05) is 89.0 Å². The normalized spacial score (nSPS) is 10.9. The first-order valence-electron chi connectivity index (χ1n) is 41.7. The summed E-state index contributed by atoms with van der Waals surface area (Å²) in [6.45, 7) is 12.2. The van der Waals surface area contributed by atoms with Crippen molar-refractivity contribution in [2.45, 2.75) is 41.5 Å². The number of hydrogen-bond donors (Lipinski definition) is 2. The summed E-state index contributed by atoms with van der Waals surface area (Å²) in [5, 5.41) is 27.5. The van der Waals surface area contributed by atoms with E-state index in [4.69, 9.17) is 48.3 Å². The van der Waals surface area contributed by atoms with Crippen molar-refractivity contribution in [3.8, 4) is 80.4 Å². The molecule has 22 nitrogen and oxygen atoms in total. The van der Waals surface area contributed by atoms with Crippen LogP contribution in [0.1, 0.15) is 33.6 Å². The minimum Gasteiger partial charge on any atom is -0.576 e. The van der Waals surface area contributed by atoms with E-state index in [0.717, 1.165) is 143 Å². The van der Waals surface area contributed by atoms with Crippen molar-refractivity contribution in [3.05, 3.63) is 386 Å². The van der Waals surface area contributed by atoms with E-state index < -0.39 is 46.2 Å². The Bertz CT molecular complexity index is 7310.